The Balaban J connectivity index is 1.37. The van der Waals surface area contributed by atoms with Crippen LogP contribution in [0.25, 0.3) is 82.1 Å². The summed E-state index contributed by atoms with van der Waals surface area (Å²) in [4.78, 5) is 0. The van der Waals surface area contributed by atoms with Gasteiger partial charge >= 0.3 is 0 Å². The van der Waals surface area contributed by atoms with Crippen LogP contribution in [0.15, 0.2) is 152 Å². The molecule has 0 aliphatic rings. The van der Waals surface area contributed by atoms with Crippen LogP contribution in [0.5, 0.6) is 0 Å². The van der Waals surface area contributed by atoms with Crippen molar-refractivity contribution < 1.29 is 0 Å². The number of nitriles is 2. The molecule has 1 heterocycles. The molecule has 0 unspecified atom stereocenters. The summed E-state index contributed by atoms with van der Waals surface area (Å²) in [6.07, 6.45) is 0. The van der Waals surface area contributed by atoms with E-state index >= 15 is 0 Å². The molecule has 0 amide bonds. The first-order chi connectivity index (χ1) is 23.2. The van der Waals surface area contributed by atoms with Gasteiger partial charge in [-0.15, -0.1) is 0 Å². The Morgan fingerprint density at radius 3 is 1.60 bits per heavy atom. The molecule has 3 heteroatoms. The standard InChI is InChI=1S/C44H25N3/c45-26-28-16-20-32(21-17-28)47-41-22-18-29(27-46)24-39(41)40-25-31(19-23-42(40)47)43-35-11-3-5-13-37(35)44(38-14-6-4-12-36(38)43)34-15-7-9-30-8-1-2-10-33(30)34/h1-25H. The molecule has 8 aromatic carbocycles. The highest BCUT2D eigenvalue weighted by Gasteiger charge is 2.20. The molecule has 0 bridgehead atoms. The fraction of sp³-hybridized carbons (Fsp3) is 0. The van der Waals surface area contributed by atoms with Gasteiger partial charge in [-0.05, 0) is 109 Å². The van der Waals surface area contributed by atoms with Crippen LogP contribution in [-0.2, 0) is 0 Å². The zero-order valence-corrected chi connectivity index (χ0v) is 25.3. The number of hydrogen-bond acceptors (Lipinski definition) is 2. The van der Waals surface area contributed by atoms with Crippen molar-refractivity contribution in [2.75, 3.05) is 0 Å². The van der Waals surface area contributed by atoms with Crippen molar-refractivity contribution in [1.29, 1.82) is 10.5 Å². The van der Waals surface area contributed by atoms with Gasteiger partial charge in [0.15, 0.2) is 0 Å². The van der Waals surface area contributed by atoms with Crippen molar-refractivity contribution in [3.8, 4) is 40.1 Å². The molecule has 0 saturated heterocycles. The van der Waals surface area contributed by atoms with Crippen LogP contribution in [0, 0.1) is 22.7 Å². The summed E-state index contributed by atoms with van der Waals surface area (Å²) in [7, 11) is 0. The zero-order chi connectivity index (χ0) is 31.5. The van der Waals surface area contributed by atoms with Gasteiger partial charge in [-0.1, -0.05) is 97.1 Å². The first-order valence-corrected chi connectivity index (χ1v) is 15.6. The number of nitrogens with zero attached hydrogens (tertiary/aromatic N) is 3. The molecular weight excluding hydrogens is 571 g/mol. The van der Waals surface area contributed by atoms with Crippen LogP contribution < -0.4 is 0 Å². The predicted octanol–water partition coefficient (Wildman–Crippen LogP) is 11.3. The van der Waals surface area contributed by atoms with E-state index in [1.165, 1.54) is 49.0 Å². The minimum atomic E-state index is 0.620. The van der Waals surface area contributed by atoms with Crippen molar-refractivity contribution in [2.45, 2.75) is 0 Å². The van der Waals surface area contributed by atoms with Crippen LogP contribution in [0.2, 0.25) is 0 Å². The van der Waals surface area contributed by atoms with Crippen LogP contribution in [0.4, 0.5) is 0 Å². The van der Waals surface area contributed by atoms with Crippen LogP contribution in [0.1, 0.15) is 11.1 Å². The van der Waals surface area contributed by atoms with Gasteiger partial charge in [0.1, 0.15) is 0 Å². The van der Waals surface area contributed by atoms with E-state index in [0.717, 1.165) is 33.1 Å². The number of aromatic nitrogens is 1. The largest absolute Gasteiger partial charge is 0.309 e. The minimum absolute atomic E-state index is 0.620. The van der Waals surface area contributed by atoms with E-state index in [2.05, 4.69) is 126 Å². The Hall–Kier alpha value is -6.68. The molecule has 0 saturated carbocycles. The Bertz CT molecular complexity index is 2740. The van der Waals surface area contributed by atoms with Crippen LogP contribution in [-0.4, -0.2) is 4.57 Å². The lowest BCUT2D eigenvalue weighted by molar-refractivity contribution is 1.18. The summed E-state index contributed by atoms with van der Waals surface area (Å²) >= 11 is 0. The maximum absolute atomic E-state index is 9.82. The lowest BCUT2D eigenvalue weighted by Crippen LogP contribution is -1.94. The van der Waals surface area contributed by atoms with Gasteiger partial charge in [0.05, 0.1) is 34.3 Å². The van der Waals surface area contributed by atoms with Crippen molar-refractivity contribution in [3.05, 3.63) is 163 Å². The molecule has 3 nitrogen and oxygen atoms in total. The average Bonchev–Trinajstić information content (AvgIpc) is 3.46. The van der Waals surface area contributed by atoms with E-state index in [0.29, 0.717) is 11.1 Å². The predicted molar refractivity (Wildman–Crippen MR) is 194 cm³/mol. The third-order valence-corrected chi connectivity index (χ3v) is 9.43. The Kier molecular flexibility index (Phi) is 5.94. The highest BCUT2D eigenvalue weighted by Crippen LogP contribution is 2.46. The van der Waals surface area contributed by atoms with Gasteiger partial charge in [0, 0.05) is 16.5 Å². The molecule has 0 radical (unpaired) electrons. The number of benzene rings is 8. The van der Waals surface area contributed by atoms with Crippen molar-refractivity contribution in [2.24, 2.45) is 0 Å². The summed E-state index contributed by atoms with van der Waals surface area (Å²) < 4.78 is 2.22. The minimum Gasteiger partial charge on any atom is -0.309 e. The summed E-state index contributed by atoms with van der Waals surface area (Å²) in [5.74, 6) is 0. The summed E-state index contributed by atoms with van der Waals surface area (Å²) in [6.45, 7) is 0. The molecule has 9 aromatic rings. The van der Waals surface area contributed by atoms with Crippen molar-refractivity contribution >= 4 is 54.1 Å². The maximum atomic E-state index is 9.82. The van der Waals surface area contributed by atoms with Crippen molar-refractivity contribution in [1.82, 2.24) is 4.57 Å². The van der Waals surface area contributed by atoms with E-state index in [9.17, 15) is 10.5 Å². The fourth-order valence-electron chi connectivity index (χ4n) is 7.38. The molecule has 216 valence electrons. The smallest absolute Gasteiger partial charge is 0.0991 e. The fourth-order valence-corrected chi connectivity index (χ4v) is 7.38. The van der Waals surface area contributed by atoms with Gasteiger partial charge < -0.3 is 4.57 Å². The third kappa shape index (κ3) is 4.05. The number of rotatable bonds is 3. The number of fused-ring (bicyclic) bond motifs is 6. The summed E-state index contributed by atoms with van der Waals surface area (Å²) in [5, 5.41) is 28.6. The van der Waals surface area contributed by atoms with E-state index in [4.69, 9.17) is 0 Å². The van der Waals surface area contributed by atoms with E-state index in [1.807, 2.05) is 42.5 Å². The molecular formula is C44H25N3. The monoisotopic (exact) mass is 595 g/mol. The molecule has 0 fully saturated rings. The molecule has 0 atom stereocenters. The van der Waals surface area contributed by atoms with Gasteiger partial charge in [0.25, 0.3) is 0 Å². The normalized spacial score (nSPS) is 11.4. The lowest BCUT2D eigenvalue weighted by atomic mass is 9.84. The Morgan fingerprint density at radius 2 is 0.936 bits per heavy atom. The van der Waals surface area contributed by atoms with E-state index in [-0.39, 0.29) is 0 Å². The second kappa shape index (κ2) is 10.5. The van der Waals surface area contributed by atoms with Crippen LogP contribution >= 0.6 is 0 Å². The first kappa shape index (κ1) is 26.7. The highest BCUT2D eigenvalue weighted by molar-refractivity contribution is 6.24. The summed E-state index contributed by atoms with van der Waals surface area (Å²) in [5.41, 5.74) is 9.06. The maximum Gasteiger partial charge on any atom is 0.0991 e. The van der Waals surface area contributed by atoms with E-state index in [1.54, 1.807) is 0 Å². The third-order valence-electron chi connectivity index (χ3n) is 9.43. The molecule has 1 aromatic heterocycles. The molecule has 0 spiro atoms. The zero-order valence-electron chi connectivity index (χ0n) is 25.3. The average molecular weight is 596 g/mol. The van der Waals surface area contributed by atoms with Gasteiger partial charge in [-0.3, -0.25) is 0 Å². The second-order valence-corrected chi connectivity index (χ2v) is 11.9. The van der Waals surface area contributed by atoms with Gasteiger partial charge in [0.2, 0.25) is 0 Å². The second-order valence-electron chi connectivity index (χ2n) is 11.9. The molecule has 0 aliphatic carbocycles. The molecule has 9 rings (SSSR count). The molecule has 0 aliphatic heterocycles. The molecule has 0 N–H and O–H groups in total. The lowest BCUT2D eigenvalue weighted by Gasteiger charge is -2.19. The Labute approximate surface area is 271 Å². The topological polar surface area (TPSA) is 52.5 Å². The highest BCUT2D eigenvalue weighted by atomic mass is 15.0. The van der Waals surface area contributed by atoms with Crippen LogP contribution in [0.3, 0.4) is 0 Å². The number of hydrogen-bond donors (Lipinski definition) is 0. The Morgan fingerprint density at radius 1 is 0.404 bits per heavy atom. The molecule has 47 heavy (non-hydrogen) atoms. The first-order valence-electron chi connectivity index (χ1n) is 15.6. The quantitative estimate of drug-likeness (QED) is 0.191. The van der Waals surface area contributed by atoms with Crippen molar-refractivity contribution in [3.63, 3.8) is 0 Å². The van der Waals surface area contributed by atoms with Gasteiger partial charge in [-0.25, -0.2) is 0 Å². The summed E-state index contributed by atoms with van der Waals surface area (Å²) in [6, 6.07) is 57.5. The SMILES string of the molecule is N#Cc1ccc(-n2c3ccc(C#N)cc3c3cc(-c4c5ccccc5c(-c5cccc6ccccc56)c5ccccc45)ccc32)cc1. The van der Waals surface area contributed by atoms with Gasteiger partial charge in [-0.2, -0.15) is 10.5 Å². The van der Waals surface area contributed by atoms with E-state index < -0.39 is 0 Å².